The SMILES string of the molecule is CCOC(C)OCC.COCCOCC=O. The molecule has 0 aliphatic rings. The first kappa shape index (κ1) is 17.9. The van der Waals surface area contributed by atoms with Gasteiger partial charge in [-0.2, -0.15) is 0 Å². The molecule has 5 nitrogen and oxygen atoms in total. The fourth-order valence-corrected chi connectivity index (χ4v) is 0.791. The van der Waals surface area contributed by atoms with Gasteiger partial charge in [0.05, 0.1) is 13.2 Å². The number of carbonyl (C=O) groups is 1. The Morgan fingerprint density at radius 1 is 1.12 bits per heavy atom. The summed E-state index contributed by atoms with van der Waals surface area (Å²) in [6.07, 6.45) is 0.681. The summed E-state index contributed by atoms with van der Waals surface area (Å²) in [4.78, 5) is 9.60. The van der Waals surface area contributed by atoms with Crippen LogP contribution in [0.25, 0.3) is 0 Å². The minimum Gasteiger partial charge on any atom is -0.382 e. The van der Waals surface area contributed by atoms with Crippen molar-refractivity contribution in [1.29, 1.82) is 0 Å². The van der Waals surface area contributed by atoms with Gasteiger partial charge in [0.2, 0.25) is 0 Å². The van der Waals surface area contributed by atoms with Gasteiger partial charge in [0.15, 0.2) is 6.29 Å². The number of carbonyl (C=O) groups excluding carboxylic acids is 1. The third-order valence-electron chi connectivity index (χ3n) is 1.42. The molecule has 0 rings (SSSR count). The maximum Gasteiger partial charge on any atom is 0.154 e. The molecule has 0 heterocycles. The molecule has 16 heavy (non-hydrogen) atoms. The van der Waals surface area contributed by atoms with Gasteiger partial charge in [0.25, 0.3) is 0 Å². The number of ether oxygens (including phenoxy) is 4. The van der Waals surface area contributed by atoms with Crippen LogP contribution in [0.15, 0.2) is 0 Å². The van der Waals surface area contributed by atoms with E-state index in [1.165, 1.54) is 0 Å². The summed E-state index contributed by atoms with van der Waals surface area (Å²) in [5, 5.41) is 0. The van der Waals surface area contributed by atoms with Crippen molar-refractivity contribution in [2.45, 2.75) is 27.1 Å². The van der Waals surface area contributed by atoms with Crippen molar-refractivity contribution in [3.05, 3.63) is 0 Å². The molecule has 0 radical (unpaired) electrons. The minimum atomic E-state index is -0.0370. The van der Waals surface area contributed by atoms with E-state index < -0.39 is 0 Å². The van der Waals surface area contributed by atoms with Crippen LogP contribution in [0.4, 0.5) is 0 Å². The lowest BCUT2D eigenvalue weighted by molar-refractivity contribution is -0.123. The predicted octanol–water partition coefficient (Wildman–Crippen LogP) is 1.25. The molecule has 0 amide bonds. The lowest BCUT2D eigenvalue weighted by Gasteiger charge is -2.09. The molecule has 0 atom stereocenters. The molecule has 0 N–H and O–H groups in total. The topological polar surface area (TPSA) is 54.0 Å². The van der Waals surface area contributed by atoms with Crippen molar-refractivity contribution < 1.29 is 23.7 Å². The van der Waals surface area contributed by atoms with E-state index in [-0.39, 0.29) is 12.9 Å². The summed E-state index contributed by atoms with van der Waals surface area (Å²) in [6.45, 7) is 8.47. The van der Waals surface area contributed by atoms with Gasteiger partial charge in [-0.05, 0) is 20.8 Å². The molecule has 98 valence electrons. The predicted molar refractivity (Wildman–Crippen MR) is 61.5 cm³/mol. The van der Waals surface area contributed by atoms with Crippen LogP contribution < -0.4 is 0 Å². The van der Waals surface area contributed by atoms with Crippen molar-refractivity contribution >= 4 is 6.29 Å². The monoisotopic (exact) mass is 236 g/mol. The van der Waals surface area contributed by atoms with Gasteiger partial charge in [0, 0.05) is 20.3 Å². The smallest absolute Gasteiger partial charge is 0.154 e. The molecule has 0 aliphatic heterocycles. The van der Waals surface area contributed by atoms with E-state index in [0.717, 1.165) is 19.5 Å². The molecule has 0 unspecified atom stereocenters. The van der Waals surface area contributed by atoms with Crippen LogP contribution >= 0.6 is 0 Å². The number of aldehydes is 1. The largest absolute Gasteiger partial charge is 0.382 e. The molecule has 0 saturated carbocycles. The maximum atomic E-state index is 9.60. The number of hydrogen-bond donors (Lipinski definition) is 0. The second-order valence-electron chi connectivity index (χ2n) is 2.71. The lowest BCUT2D eigenvalue weighted by Crippen LogP contribution is -2.11. The van der Waals surface area contributed by atoms with E-state index in [9.17, 15) is 4.79 Å². The summed E-state index contributed by atoms with van der Waals surface area (Å²) in [7, 11) is 1.59. The minimum absolute atomic E-state index is 0.0370. The fourth-order valence-electron chi connectivity index (χ4n) is 0.791. The average Bonchev–Trinajstić information content (AvgIpc) is 2.26. The van der Waals surface area contributed by atoms with Crippen molar-refractivity contribution in [2.24, 2.45) is 0 Å². The first-order valence-corrected chi connectivity index (χ1v) is 5.46. The van der Waals surface area contributed by atoms with Gasteiger partial charge in [-0.3, -0.25) is 0 Å². The number of methoxy groups -OCH3 is 1. The van der Waals surface area contributed by atoms with Gasteiger partial charge in [0.1, 0.15) is 12.9 Å². The number of hydrogen-bond acceptors (Lipinski definition) is 5. The Morgan fingerprint density at radius 2 is 1.69 bits per heavy atom. The Balaban J connectivity index is 0. The van der Waals surface area contributed by atoms with Crippen molar-refractivity contribution in [3.63, 3.8) is 0 Å². The van der Waals surface area contributed by atoms with Gasteiger partial charge >= 0.3 is 0 Å². The molecule has 0 bridgehead atoms. The molecule has 5 heteroatoms. The molecule has 0 aromatic heterocycles. The summed E-state index contributed by atoms with van der Waals surface area (Å²) in [5.74, 6) is 0. The first-order valence-electron chi connectivity index (χ1n) is 5.46. The molecular formula is C11H24O5. The highest BCUT2D eigenvalue weighted by molar-refractivity contribution is 5.50. The third kappa shape index (κ3) is 19.1. The van der Waals surface area contributed by atoms with Crippen molar-refractivity contribution in [2.75, 3.05) is 40.1 Å². The van der Waals surface area contributed by atoms with Crippen LogP contribution in [0.2, 0.25) is 0 Å². The first-order chi connectivity index (χ1) is 7.72. The van der Waals surface area contributed by atoms with E-state index >= 15 is 0 Å². The van der Waals surface area contributed by atoms with Crippen LogP contribution in [0, 0.1) is 0 Å². The maximum absolute atomic E-state index is 9.60. The molecule has 0 aromatic carbocycles. The van der Waals surface area contributed by atoms with E-state index in [1.807, 2.05) is 20.8 Å². The Hall–Kier alpha value is -0.490. The number of rotatable bonds is 9. The van der Waals surface area contributed by atoms with E-state index in [0.29, 0.717) is 13.2 Å². The molecule has 0 fully saturated rings. The van der Waals surface area contributed by atoms with Crippen LogP contribution in [-0.4, -0.2) is 52.7 Å². The Morgan fingerprint density at radius 3 is 2.06 bits per heavy atom. The molecule has 0 aromatic rings. The summed E-state index contributed by atoms with van der Waals surface area (Å²) in [5.41, 5.74) is 0. The summed E-state index contributed by atoms with van der Waals surface area (Å²) in [6, 6.07) is 0. The van der Waals surface area contributed by atoms with Gasteiger partial charge < -0.3 is 23.7 Å². The van der Waals surface area contributed by atoms with Crippen LogP contribution in [0.3, 0.4) is 0 Å². The van der Waals surface area contributed by atoms with Crippen LogP contribution in [0.5, 0.6) is 0 Å². The summed E-state index contributed by atoms with van der Waals surface area (Å²) < 4.78 is 19.5. The van der Waals surface area contributed by atoms with Gasteiger partial charge in [-0.1, -0.05) is 0 Å². The lowest BCUT2D eigenvalue weighted by atomic mass is 10.7. The van der Waals surface area contributed by atoms with Crippen LogP contribution in [-0.2, 0) is 23.7 Å². The quantitative estimate of drug-likeness (QED) is 0.342. The molecule has 0 aliphatic carbocycles. The zero-order valence-electron chi connectivity index (χ0n) is 10.7. The van der Waals surface area contributed by atoms with E-state index in [4.69, 9.17) is 14.2 Å². The standard InChI is InChI=1S/C6H14O2.C5H10O3/c1-4-7-6(3)8-5-2;1-7-4-5-8-3-2-6/h6H,4-5H2,1-3H3;2H,3-5H2,1H3. The highest BCUT2D eigenvalue weighted by atomic mass is 16.7. The van der Waals surface area contributed by atoms with Gasteiger partial charge in [-0.25, -0.2) is 0 Å². The second-order valence-corrected chi connectivity index (χ2v) is 2.71. The highest BCUT2D eigenvalue weighted by Crippen LogP contribution is 1.90. The molecule has 0 spiro atoms. The average molecular weight is 236 g/mol. The fraction of sp³-hybridized carbons (Fsp3) is 0.909. The van der Waals surface area contributed by atoms with Crippen LogP contribution in [0.1, 0.15) is 20.8 Å². The van der Waals surface area contributed by atoms with E-state index in [2.05, 4.69) is 4.74 Å². The summed E-state index contributed by atoms with van der Waals surface area (Å²) >= 11 is 0. The van der Waals surface area contributed by atoms with Gasteiger partial charge in [-0.15, -0.1) is 0 Å². The zero-order chi connectivity index (χ0) is 12.6. The zero-order valence-corrected chi connectivity index (χ0v) is 10.7. The normalized spacial score (nSPS) is 9.81. The Kier molecular flexibility index (Phi) is 18.9. The molecular weight excluding hydrogens is 212 g/mol. The second kappa shape index (κ2) is 16.9. The van der Waals surface area contributed by atoms with Crippen molar-refractivity contribution in [3.8, 4) is 0 Å². The Labute approximate surface area is 98.0 Å². The third-order valence-corrected chi connectivity index (χ3v) is 1.42. The molecule has 0 saturated heterocycles. The van der Waals surface area contributed by atoms with E-state index in [1.54, 1.807) is 7.11 Å². The highest BCUT2D eigenvalue weighted by Gasteiger charge is 1.94. The van der Waals surface area contributed by atoms with Crippen molar-refractivity contribution in [1.82, 2.24) is 0 Å². The Bertz CT molecular complexity index is 124.